The van der Waals surface area contributed by atoms with E-state index in [-0.39, 0.29) is 34.9 Å². The molecule has 1 aromatic carbocycles. The van der Waals surface area contributed by atoms with Gasteiger partial charge in [-0.15, -0.1) is 0 Å². The molecule has 0 N–H and O–H groups in total. The van der Waals surface area contributed by atoms with Crippen molar-refractivity contribution >= 4 is 34.5 Å². The summed E-state index contributed by atoms with van der Waals surface area (Å²) in [5, 5.41) is 0.787. The van der Waals surface area contributed by atoms with Gasteiger partial charge in [-0.2, -0.15) is 0 Å². The fourth-order valence-corrected chi connectivity index (χ4v) is 2.65. The standard InChI is InChI=1S/C19H21ClO7/c1-10-11-6-13(20)15(25-9-17(22)27-19(2,3)4)8-14(11)26-18(23)12(10)7-16(21)24-5/h6,8H,7,9H2,1-5H3. The van der Waals surface area contributed by atoms with E-state index in [4.69, 9.17) is 25.5 Å². The topological polar surface area (TPSA) is 92.0 Å². The molecule has 0 saturated heterocycles. The second-order valence-corrected chi connectivity index (χ2v) is 7.31. The van der Waals surface area contributed by atoms with E-state index >= 15 is 0 Å². The molecular formula is C19H21ClO7. The smallest absolute Gasteiger partial charge is 0.344 e. The number of fused-ring (bicyclic) bond motifs is 1. The van der Waals surface area contributed by atoms with Crippen LogP contribution in [0.15, 0.2) is 21.3 Å². The molecule has 0 radical (unpaired) electrons. The molecule has 0 fully saturated rings. The maximum atomic E-state index is 12.2. The van der Waals surface area contributed by atoms with Crippen molar-refractivity contribution in [2.45, 2.75) is 39.7 Å². The molecule has 1 aromatic heterocycles. The van der Waals surface area contributed by atoms with Crippen molar-refractivity contribution in [1.82, 2.24) is 0 Å². The van der Waals surface area contributed by atoms with Gasteiger partial charge in [0.2, 0.25) is 0 Å². The number of carbonyl (C=O) groups excluding carboxylic acids is 2. The van der Waals surface area contributed by atoms with Crippen LogP contribution in [0.25, 0.3) is 11.0 Å². The van der Waals surface area contributed by atoms with Crippen LogP contribution in [0.5, 0.6) is 5.75 Å². The van der Waals surface area contributed by atoms with Crippen LogP contribution < -0.4 is 10.4 Å². The molecular weight excluding hydrogens is 376 g/mol. The highest BCUT2D eigenvalue weighted by Gasteiger charge is 2.19. The van der Waals surface area contributed by atoms with Gasteiger partial charge in [0.25, 0.3) is 0 Å². The zero-order valence-corrected chi connectivity index (χ0v) is 16.6. The Balaban J connectivity index is 2.33. The molecule has 0 aliphatic heterocycles. The minimum absolute atomic E-state index is 0.179. The molecule has 0 aliphatic carbocycles. The molecule has 27 heavy (non-hydrogen) atoms. The Morgan fingerprint density at radius 2 is 1.85 bits per heavy atom. The summed E-state index contributed by atoms with van der Waals surface area (Å²) >= 11 is 6.23. The summed E-state index contributed by atoms with van der Waals surface area (Å²) < 4.78 is 20.4. The molecule has 0 saturated carbocycles. The van der Waals surface area contributed by atoms with E-state index in [1.807, 2.05) is 0 Å². The molecule has 2 rings (SSSR count). The third kappa shape index (κ3) is 5.23. The van der Waals surface area contributed by atoms with Gasteiger partial charge in [0, 0.05) is 11.5 Å². The molecule has 0 unspecified atom stereocenters. The first-order chi connectivity index (χ1) is 12.5. The monoisotopic (exact) mass is 396 g/mol. The molecule has 146 valence electrons. The van der Waals surface area contributed by atoms with Crippen molar-refractivity contribution in [2.24, 2.45) is 0 Å². The Hall–Kier alpha value is -2.54. The minimum Gasteiger partial charge on any atom is -0.480 e. The zero-order valence-electron chi connectivity index (χ0n) is 15.8. The normalized spacial score (nSPS) is 11.3. The maximum absolute atomic E-state index is 12.2. The van der Waals surface area contributed by atoms with Crippen LogP contribution in [0, 0.1) is 6.92 Å². The molecule has 1 heterocycles. The quantitative estimate of drug-likeness (QED) is 0.566. The maximum Gasteiger partial charge on any atom is 0.344 e. The van der Waals surface area contributed by atoms with E-state index in [0.717, 1.165) is 0 Å². The Bertz CT molecular complexity index is 938. The van der Waals surface area contributed by atoms with Gasteiger partial charge in [0.05, 0.1) is 24.1 Å². The number of esters is 2. The highest BCUT2D eigenvalue weighted by Crippen LogP contribution is 2.32. The van der Waals surface area contributed by atoms with Gasteiger partial charge in [-0.1, -0.05) is 11.6 Å². The number of hydrogen-bond donors (Lipinski definition) is 0. The predicted molar refractivity (Wildman–Crippen MR) is 99.3 cm³/mol. The number of ether oxygens (including phenoxy) is 3. The largest absolute Gasteiger partial charge is 0.480 e. The number of benzene rings is 1. The third-order valence-corrected chi connectivity index (χ3v) is 3.95. The Labute approximate surface area is 161 Å². The number of halogens is 1. The lowest BCUT2D eigenvalue weighted by Gasteiger charge is -2.19. The van der Waals surface area contributed by atoms with Gasteiger partial charge in [-0.3, -0.25) is 4.79 Å². The summed E-state index contributed by atoms with van der Waals surface area (Å²) in [7, 11) is 1.24. The molecule has 8 heteroatoms. The Morgan fingerprint density at radius 1 is 1.19 bits per heavy atom. The van der Waals surface area contributed by atoms with Crippen LogP contribution in [-0.4, -0.2) is 31.3 Å². The van der Waals surface area contributed by atoms with Crippen LogP contribution in [0.2, 0.25) is 5.02 Å². The van der Waals surface area contributed by atoms with E-state index < -0.39 is 23.2 Å². The van der Waals surface area contributed by atoms with Gasteiger partial charge in [-0.25, -0.2) is 9.59 Å². The van der Waals surface area contributed by atoms with Gasteiger partial charge in [-0.05, 0) is 39.3 Å². The van der Waals surface area contributed by atoms with Crippen LogP contribution in [0.1, 0.15) is 31.9 Å². The van der Waals surface area contributed by atoms with Crippen molar-refractivity contribution < 1.29 is 28.2 Å². The van der Waals surface area contributed by atoms with E-state index in [9.17, 15) is 14.4 Å². The first-order valence-electron chi connectivity index (χ1n) is 8.19. The second kappa shape index (κ2) is 8.00. The Morgan fingerprint density at radius 3 is 2.44 bits per heavy atom. The van der Waals surface area contributed by atoms with Crippen molar-refractivity contribution in [3.8, 4) is 5.75 Å². The van der Waals surface area contributed by atoms with Crippen LogP contribution in [0.4, 0.5) is 0 Å². The highest BCUT2D eigenvalue weighted by atomic mass is 35.5. The average Bonchev–Trinajstić information content (AvgIpc) is 2.56. The van der Waals surface area contributed by atoms with Crippen LogP contribution in [0.3, 0.4) is 0 Å². The fourth-order valence-electron chi connectivity index (χ4n) is 2.43. The summed E-state index contributed by atoms with van der Waals surface area (Å²) in [6.07, 6.45) is -0.199. The van der Waals surface area contributed by atoms with Crippen molar-refractivity contribution in [2.75, 3.05) is 13.7 Å². The van der Waals surface area contributed by atoms with Crippen molar-refractivity contribution in [3.05, 3.63) is 38.7 Å². The van der Waals surface area contributed by atoms with E-state index in [2.05, 4.69) is 4.74 Å². The molecule has 0 amide bonds. The van der Waals surface area contributed by atoms with Crippen LogP contribution >= 0.6 is 11.6 Å². The summed E-state index contributed by atoms with van der Waals surface area (Å²) in [4.78, 5) is 35.5. The fraction of sp³-hybridized carbons (Fsp3) is 0.421. The molecule has 0 atom stereocenters. The molecule has 2 aromatic rings. The number of hydrogen-bond acceptors (Lipinski definition) is 7. The lowest BCUT2D eigenvalue weighted by Crippen LogP contribution is -2.27. The van der Waals surface area contributed by atoms with Gasteiger partial charge >= 0.3 is 17.6 Å². The predicted octanol–water partition coefficient (Wildman–Crippen LogP) is 3.19. The minimum atomic E-state index is -0.647. The Kier molecular flexibility index (Phi) is 6.15. The van der Waals surface area contributed by atoms with Gasteiger partial charge < -0.3 is 18.6 Å². The van der Waals surface area contributed by atoms with E-state index in [1.165, 1.54) is 13.2 Å². The molecule has 7 nitrogen and oxygen atoms in total. The summed E-state index contributed by atoms with van der Waals surface area (Å²) in [6.45, 7) is 6.59. The zero-order chi connectivity index (χ0) is 20.4. The van der Waals surface area contributed by atoms with E-state index in [1.54, 1.807) is 33.8 Å². The molecule has 0 aliphatic rings. The first-order valence-corrected chi connectivity index (χ1v) is 8.57. The lowest BCUT2D eigenvalue weighted by molar-refractivity contribution is -0.157. The van der Waals surface area contributed by atoms with Crippen molar-refractivity contribution in [3.63, 3.8) is 0 Å². The average molecular weight is 397 g/mol. The SMILES string of the molecule is COC(=O)Cc1c(C)c2cc(Cl)c(OCC(=O)OC(C)(C)C)cc2oc1=O. The number of methoxy groups -OCH3 is 1. The molecule has 0 bridgehead atoms. The summed E-state index contributed by atoms with van der Waals surface area (Å²) in [5.74, 6) is -0.920. The van der Waals surface area contributed by atoms with Gasteiger partial charge in [0.15, 0.2) is 6.61 Å². The first kappa shape index (κ1) is 20.8. The second-order valence-electron chi connectivity index (χ2n) is 6.90. The lowest BCUT2D eigenvalue weighted by atomic mass is 10.0. The van der Waals surface area contributed by atoms with Crippen LogP contribution in [-0.2, 0) is 25.5 Å². The summed E-state index contributed by atoms with van der Waals surface area (Å²) in [6, 6.07) is 2.98. The molecule has 0 spiro atoms. The third-order valence-electron chi connectivity index (χ3n) is 3.65. The number of aryl methyl sites for hydroxylation is 1. The van der Waals surface area contributed by atoms with Gasteiger partial charge in [0.1, 0.15) is 16.9 Å². The number of carbonyl (C=O) groups is 2. The van der Waals surface area contributed by atoms with E-state index in [0.29, 0.717) is 10.9 Å². The summed E-state index contributed by atoms with van der Waals surface area (Å²) in [5.41, 5.74) is -0.284. The van der Waals surface area contributed by atoms with Crippen molar-refractivity contribution in [1.29, 1.82) is 0 Å². The highest BCUT2D eigenvalue weighted by molar-refractivity contribution is 6.32. The number of rotatable bonds is 5.